The molecule has 4 N–H and O–H groups in total. The number of aromatic nitrogens is 4. The number of amides is 4. The summed E-state index contributed by atoms with van der Waals surface area (Å²) in [6.07, 6.45) is 4.41. The highest BCUT2D eigenvalue weighted by atomic mass is 19.1. The van der Waals surface area contributed by atoms with Crippen molar-refractivity contribution in [1.82, 2.24) is 40.0 Å². The lowest BCUT2D eigenvalue weighted by Crippen LogP contribution is -2.51. The first-order valence-electron chi connectivity index (χ1n) is 27.8. The van der Waals surface area contributed by atoms with Crippen LogP contribution in [0.1, 0.15) is 144 Å². The molecule has 6 heterocycles. The highest BCUT2D eigenvalue weighted by Gasteiger charge is 2.45. The summed E-state index contributed by atoms with van der Waals surface area (Å²) in [7, 11) is 2.61. The van der Waals surface area contributed by atoms with Crippen LogP contribution in [0, 0.1) is 35.1 Å². The summed E-state index contributed by atoms with van der Waals surface area (Å²) in [5, 5.41) is 12.5. The van der Waals surface area contributed by atoms with Gasteiger partial charge >= 0.3 is 12.2 Å². The first-order valence-corrected chi connectivity index (χ1v) is 27.8. The number of hydrogen-bond donors (Lipinski definition) is 4. The number of hydrogen-bond acceptors (Lipinski definition) is 9. The lowest BCUT2D eigenvalue weighted by Gasteiger charge is -2.41. The molecule has 5 aliphatic rings. The summed E-state index contributed by atoms with van der Waals surface area (Å²) in [5.74, 6) is -3.20. The largest absolute Gasteiger partial charge is 0.465 e. The fourth-order valence-corrected chi connectivity index (χ4v) is 13.9. The van der Waals surface area contributed by atoms with E-state index >= 15 is 17.6 Å². The lowest BCUT2D eigenvalue weighted by molar-refractivity contribution is -0.138. The Kier molecular flexibility index (Phi) is 14.3. The Morgan fingerprint density at radius 2 is 1.25 bits per heavy atom. The molecule has 4 aromatic carbocycles. The molecule has 0 saturated carbocycles. The molecule has 6 atom stereocenters. The average Bonchev–Trinajstić information content (AvgIpc) is 4.51. The summed E-state index contributed by atoms with van der Waals surface area (Å²) in [6, 6.07) is 12.3. The van der Waals surface area contributed by atoms with Crippen molar-refractivity contribution in [1.29, 1.82) is 0 Å². The molecular formula is C59H68F4N10O6. The fourth-order valence-electron chi connectivity index (χ4n) is 13.9. The number of likely N-dealkylation sites (N-methyl/N-ethyl adjacent to an activating group) is 1. The van der Waals surface area contributed by atoms with E-state index in [-0.39, 0.29) is 64.4 Å². The maximum Gasteiger partial charge on any atom is 0.407 e. The van der Waals surface area contributed by atoms with Crippen LogP contribution in [0.2, 0.25) is 0 Å². The van der Waals surface area contributed by atoms with Crippen LogP contribution in [-0.2, 0) is 26.2 Å². The number of H-pyrrole nitrogens is 2. The topological polar surface area (TPSA) is 183 Å². The first kappa shape index (κ1) is 53.6. The zero-order valence-electron chi connectivity index (χ0n) is 45.4. The van der Waals surface area contributed by atoms with Crippen LogP contribution in [0.4, 0.5) is 38.5 Å². The molecule has 4 amide bonds. The Bertz CT molecular complexity index is 3330. The van der Waals surface area contributed by atoms with Crippen molar-refractivity contribution in [3.05, 3.63) is 118 Å². The summed E-state index contributed by atoms with van der Waals surface area (Å²) < 4.78 is 72.9. The van der Waals surface area contributed by atoms with E-state index in [2.05, 4.69) is 33.5 Å². The number of rotatable bonds is 12. The summed E-state index contributed by atoms with van der Waals surface area (Å²) in [6.45, 7) is 8.92. The molecule has 2 aromatic heterocycles. The first-order chi connectivity index (χ1) is 37.9. The van der Waals surface area contributed by atoms with Crippen LogP contribution in [-0.4, -0.2) is 116 Å². The van der Waals surface area contributed by atoms with Gasteiger partial charge in [-0.25, -0.2) is 37.1 Å². The number of aryl methyl sites for hydroxylation is 1. The molecule has 418 valence electrons. The Labute approximate surface area is 455 Å². The van der Waals surface area contributed by atoms with Gasteiger partial charge in [-0.2, -0.15) is 0 Å². The van der Waals surface area contributed by atoms with Crippen LogP contribution in [0.25, 0.3) is 22.1 Å². The fraction of sp³-hybridized carbons (Fsp3) is 0.492. The summed E-state index contributed by atoms with van der Waals surface area (Å²) in [5.41, 5.74) is 4.43. The Hall–Kier alpha value is -7.38. The molecule has 0 bridgehead atoms. The normalized spacial score (nSPS) is 21.7. The van der Waals surface area contributed by atoms with Gasteiger partial charge in [-0.15, -0.1) is 0 Å². The van der Waals surface area contributed by atoms with E-state index in [4.69, 9.17) is 14.7 Å². The van der Waals surface area contributed by atoms with E-state index in [0.717, 1.165) is 30.6 Å². The molecule has 11 rings (SSSR count). The quantitative estimate of drug-likeness (QED) is 0.0861. The third-order valence-electron chi connectivity index (χ3n) is 17.8. The molecule has 1 aliphatic carbocycles. The molecule has 4 aliphatic heterocycles. The zero-order valence-corrected chi connectivity index (χ0v) is 45.4. The Morgan fingerprint density at radius 3 is 1.77 bits per heavy atom. The van der Waals surface area contributed by atoms with Gasteiger partial charge < -0.3 is 44.7 Å². The van der Waals surface area contributed by atoms with Gasteiger partial charge in [0.1, 0.15) is 41.1 Å². The van der Waals surface area contributed by atoms with E-state index in [9.17, 15) is 24.3 Å². The number of piperidine rings is 1. The molecule has 20 heteroatoms. The van der Waals surface area contributed by atoms with Crippen LogP contribution >= 0.6 is 0 Å². The number of alkyl carbamates (subject to hydrolysis) is 1. The Morgan fingerprint density at radius 1 is 0.709 bits per heavy atom. The van der Waals surface area contributed by atoms with Gasteiger partial charge in [0, 0.05) is 50.0 Å². The third-order valence-corrected chi connectivity index (χ3v) is 17.8. The monoisotopic (exact) mass is 1090 g/mol. The van der Waals surface area contributed by atoms with Crippen molar-refractivity contribution in [2.24, 2.45) is 11.8 Å². The van der Waals surface area contributed by atoms with Gasteiger partial charge in [-0.1, -0.05) is 52.0 Å². The molecule has 79 heavy (non-hydrogen) atoms. The highest BCUT2D eigenvalue weighted by Crippen LogP contribution is 2.51. The lowest BCUT2D eigenvalue weighted by atomic mass is 9.74. The third kappa shape index (κ3) is 9.55. The van der Waals surface area contributed by atoms with Crippen LogP contribution in [0.15, 0.2) is 60.7 Å². The van der Waals surface area contributed by atoms with Crippen LogP contribution < -0.4 is 15.1 Å². The van der Waals surface area contributed by atoms with Crippen molar-refractivity contribution >= 4 is 57.4 Å². The summed E-state index contributed by atoms with van der Waals surface area (Å²) in [4.78, 5) is 76.4. The van der Waals surface area contributed by atoms with Crippen molar-refractivity contribution in [2.75, 3.05) is 50.1 Å². The molecular weight excluding hydrogens is 1020 g/mol. The molecule has 4 saturated heterocycles. The van der Waals surface area contributed by atoms with E-state index in [1.54, 1.807) is 45.6 Å². The number of fused-ring (bicyclic) bond motifs is 4. The van der Waals surface area contributed by atoms with Crippen LogP contribution in [0.3, 0.4) is 0 Å². The molecule has 1 spiro atoms. The van der Waals surface area contributed by atoms with Gasteiger partial charge in [-0.3, -0.25) is 14.5 Å². The van der Waals surface area contributed by atoms with E-state index < -0.39 is 71.7 Å². The van der Waals surface area contributed by atoms with Crippen molar-refractivity contribution in [2.45, 2.75) is 134 Å². The molecule has 0 radical (unpaired) electrons. The minimum Gasteiger partial charge on any atom is -0.465 e. The minimum absolute atomic E-state index is 0.0475. The smallest absolute Gasteiger partial charge is 0.407 e. The number of imidazole rings is 2. The van der Waals surface area contributed by atoms with E-state index in [1.165, 1.54) is 49.5 Å². The van der Waals surface area contributed by atoms with E-state index in [1.807, 2.05) is 19.9 Å². The Balaban J connectivity index is 0.940. The van der Waals surface area contributed by atoms with Gasteiger partial charge in [0.15, 0.2) is 11.6 Å². The van der Waals surface area contributed by atoms with Gasteiger partial charge in [0.05, 0.1) is 53.3 Å². The number of likely N-dealkylation sites (tertiary alicyclic amines) is 2. The second-order valence-corrected chi connectivity index (χ2v) is 23.0. The number of methoxy groups -OCH3 is 1. The van der Waals surface area contributed by atoms with Crippen molar-refractivity contribution in [3.8, 4) is 0 Å². The predicted molar refractivity (Wildman–Crippen MR) is 290 cm³/mol. The minimum atomic E-state index is -1.22. The number of halogens is 4. The molecule has 4 fully saturated rings. The number of benzene rings is 4. The van der Waals surface area contributed by atoms with Gasteiger partial charge in [0.25, 0.3) is 0 Å². The molecule has 6 aromatic rings. The van der Waals surface area contributed by atoms with Crippen LogP contribution in [0.5, 0.6) is 0 Å². The standard InChI is InChI=1S/C59H68F4N10O6/c1-31(2)50(68-57(76)79-6)55(74)71-21-9-13-48(71)53-64-42-27-35(38(60)29-44(42)66-53)46-15-16-47(73(46)34-25-40(62)52(41(63)26-34)70-23-19-59(20-24-70)18-17-33-11-7-8-12-37(33)59)36-28-43-45(30-39(36)61)67-54(65-43)49-14-10-22-72(49)56(75)51(32(3)4)69(5)58(77)78/h7-8,11-12,25-32,46-51H,9-10,13-24H2,1-6H3,(H,64,66)(H,65,67)(H,68,76)(H,77,78)/t46-,47-,48+,49+,50+,51+/m1/s1. The number of carbonyl (C=O) groups is 4. The summed E-state index contributed by atoms with van der Waals surface area (Å²) >= 11 is 0. The van der Waals surface area contributed by atoms with Crippen molar-refractivity contribution in [3.63, 3.8) is 0 Å². The maximum atomic E-state index is 17.0. The number of nitrogens with zero attached hydrogens (tertiary/aromatic N) is 7. The number of carbonyl (C=O) groups excluding carboxylic acids is 3. The van der Waals surface area contributed by atoms with Crippen molar-refractivity contribution < 1.29 is 46.6 Å². The maximum absolute atomic E-state index is 17.0. The SMILES string of the molecule is COC(=O)N[C@H](C(=O)N1CCC[C@H]1c1nc2cc([C@H]3CC[C@H](c4cc5nc([C@@H]6CCCN6C(=O)[C@H](C(C)C)N(C)C(=O)O)[nH]c5cc4F)N3c3cc(F)c(N4CCC5(CCc6ccccc65)CC4)c(F)c3)c(F)cc2[nH]1)C(C)C. The van der Waals surface area contributed by atoms with Gasteiger partial charge in [-0.05, 0) is 129 Å². The number of carboxylic acid groups (broad SMARTS) is 1. The average molecular weight is 1090 g/mol. The molecule has 16 nitrogen and oxygen atoms in total. The highest BCUT2D eigenvalue weighted by molar-refractivity contribution is 5.87. The number of ether oxygens (including phenoxy) is 1. The zero-order chi connectivity index (χ0) is 55.8. The number of aromatic amines is 2. The second kappa shape index (κ2) is 21.0. The number of nitrogens with one attached hydrogen (secondary N) is 3. The number of anilines is 2. The van der Waals surface area contributed by atoms with Gasteiger partial charge in [0.2, 0.25) is 11.8 Å². The second-order valence-electron chi connectivity index (χ2n) is 23.0. The van der Waals surface area contributed by atoms with E-state index in [0.29, 0.717) is 85.6 Å². The predicted octanol–water partition coefficient (Wildman–Crippen LogP) is 10.9. The molecule has 0 unspecified atom stereocenters.